The number of rotatable bonds is 7. The predicted molar refractivity (Wildman–Crippen MR) is 77.4 cm³/mol. The van der Waals surface area contributed by atoms with Crippen LogP contribution in [0.15, 0.2) is 28.7 Å². The Morgan fingerprint density at radius 3 is 2.50 bits per heavy atom. The summed E-state index contributed by atoms with van der Waals surface area (Å²) >= 11 is 3.43. The van der Waals surface area contributed by atoms with Gasteiger partial charge in [-0.1, -0.05) is 28.1 Å². The fourth-order valence-corrected chi connectivity index (χ4v) is 2.49. The minimum atomic E-state index is 0.0815. The van der Waals surface area contributed by atoms with Crippen LogP contribution in [0.1, 0.15) is 30.9 Å². The summed E-state index contributed by atoms with van der Waals surface area (Å²) in [4.78, 5) is 2.36. The van der Waals surface area contributed by atoms with E-state index in [-0.39, 0.29) is 12.6 Å². The second kappa shape index (κ2) is 6.66. The van der Waals surface area contributed by atoms with Crippen molar-refractivity contribution < 1.29 is 5.11 Å². The first-order chi connectivity index (χ1) is 8.70. The summed E-state index contributed by atoms with van der Waals surface area (Å²) in [7, 11) is 0. The molecule has 0 saturated heterocycles. The molecule has 0 heterocycles. The lowest BCUT2D eigenvalue weighted by Crippen LogP contribution is -2.32. The summed E-state index contributed by atoms with van der Waals surface area (Å²) in [6.07, 6.45) is 3.49. The molecule has 100 valence electrons. The monoisotopic (exact) mass is 312 g/mol. The van der Waals surface area contributed by atoms with Gasteiger partial charge in [-0.15, -0.1) is 0 Å². The Morgan fingerprint density at radius 1 is 1.28 bits per heavy atom. The van der Waals surface area contributed by atoms with E-state index in [1.54, 1.807) is 0 Å². The van der Waals surface area contributed by atoms with Gasteiger partial charge >= 0.3 is 0 Å². The number of nitrogens with two attached hydrogens (primary N) is 1. The van der Waals surface area contributed by atoms with Gasteiger partial charge in [-0.05, 0) is 37.0 Å². The molecule has 0 aromatic heterocycles. The molecule has 0 amide bonds. The van der Waals surface area contributed by atoms with E-state index in [9.17, 15) is 0 Å². The molecule has 0 radical (unpaired) electrons. The van der Waals surface area contributed by atoms with Gasteiger partial charge in [0.25, 0.3) is 0 Å². The summed E-state index contributed by atoms with van der Waals surface area (Å²) in [6, 6.07) is 8.97. The third kappa shape index (κ3) is 4.05. The van der Waals surface area contributed by atoms with Gasteiger partial charge < -0.3 is 10.8 Å². The van der Waals surface area contributed by atoms with E-state index in [1.165, 1.54) is 18.4 Å². The summed E-state index contributed by atoms with van der Waals surface area (Å²) in [5, 5.41) is 9.05. The maximum atomic E-state index is 9.05. The van der Waals surface area contributed by atoms with E-state index in [0.29, 0.717) is 6.04 Å². The van der Waals surface area contributed by atoms with E-state index in [2.05, 4.69) is 33.0 Å². The molecule has 1 atom stereocenters. The molecule has 18 heavy (non-hydrogen) atoms. The molecule has 0 spiro atoms. The van der Waals surface area contributed by atoms with Crippen LogP contribution in [0.25, 0.3) is 0 Å². The molecule has 0 aliphatic heterocycles. The standard InChI is InChI=1S/C14H21BrN2O/c15-12-3-1-11(2-4-12)14(16)7-8-17(9-10-18)13-5-6-13/h1-4,13-14,18H,5-10,16H2. The van der Waals surface area contributed by atoms with Crippen LogP contribution in [-0.2, 0) is 0 Å². The zero-order valence-corrected chi connectivity index (χ0v) is 12.1. The largest absolute Gasteiger partial charge is 0.395 e. The van der Waals surface area contributed by atoms with Crippen LogP contribution in [0.3, 0.4) is 0 Å². The van der Waals surface area contributed by atoms with Gasteiger partial charge in [0.05, 0.1) is 6.61 Å². The minimum absolute atomic E-state index is 0.0815. The maximum absolute atomic E-state index is 9.05. The number of aliphatic hydroxyl groups excluding tert-OH is 1. The molecule has 1 aromatic carbocycles. The Hall–Kier alpha value is -0.420. The number of benzene rings is 1. The van der Waals surface area contributed by atoms with Gasteiger partial charge in [-0.2, -0.15) is 0 Å². The van der Waals surface area contributed by atoms with Crippen LogP contribution in [0.2, 0.25) is 0 Å². The molecule has 1 fully saturated rings. The average molecular weight is 313 g/mol. The van der Waals surface area contributed by atoms with Gasteiger partial charge in [0, 0.05) is 29.6 Å². The van der Waals surface area contributed by atoms with Crippen molar-refractivity contribution in [2.75, 3.05) is 19.7 Å². The Bertz CT molecular complexity index is 365. The lowest BCUT2D eigenvalue weighted by molar-refractivity contribution is 0.185. The number of hydrogen-bond donors (Lipinski definition) is 2. The molecule has 3 N–H and O–H groups in total. The minimum Gasteiger partial charge on any atom is -0.395 e. The lowest BCUT2D eigenvalue weighted by Gasteiger charge is -2.22. The fourth-order valence-electron chi connectivity index (χ4n) is 2.23. The van der Waals surface area contributed by atoms with Crippen LogP contribution in [0.4, 0.5) is 0 Å². The Kier molecular flexibility index (Phi) is 5.18. The molecular formula is C14H21BrN2O. The highest BCUT2D eigenvalue weighted by molar-refractivity contribution is 9.10. The third-order valence-corrected chi connectivity index (χ3v) is 4.00. The van der Waals surface area contributed by atoms with E-state index in [4.69, 9.17) is 10.8 Å². The van der Waals surface area contributed by atoms with Crippen LogP contribution < -0.4 is 5.73 Å². The number of aliphatic hydroxyl groups is 1. The van der Waals surface area contributed by atoms with Crippen molar-refractivity contribution in [2.45, 2.75) is 31.3 Å². The normalized spacial score (nSPS) is 17.1. The van der Waals surface area contributed by atoms with Gasteiger partial charge in [0.1, 0.15) is 0 Å². The summed E-state index contributed by atoms with van der Waals surface area (Å²) < 4.78 is 1.08. The Morgan fingerprint density at radius 2 is 1.94 bits per heavy atom. The van der Waals surface area contributed by atoms with E-state index in [0.717, 1.165) is 24.0 Å². The van der Waals surface area contributed by atoms with E-state index < -0.39 is 0 Å². The van der Waals surface area contributed by atoms with E-state index in [1.807, 2.05) is 12.1 Å². The maximum Gasteiger partial charge on any atom is 0.0558 e. The molecule has 1 saturated carbocycles. The topological polar surface area (TPSA) is 49.5 Å². The Labute approximate surface area is 117 Å². The van der Waals surface area contributed by atoms with Gasteiger partial charge in [0.2, 0.25) is 0 Å². The van der Waals surface area contributed by atoms with Gasteiger partial charge in [-0.3, -0.25) is 4.90 Å². The van der Waals surface area contributed by atoms with Crippen LogP contribution in [0.5, 0.6) is 0 Å². The molecular weight excluding hydrogens is 292 g/mol. The zero-order chi connectivity index (χ0) is 13.0. The first-order valence-electron chi connectivity index (χ1n) is 6.56. The highest BCUT2D eigenvalue weighted by atomic mass is 79.9. The lowest BCUT2D eigenvalue weighted by atomic mass is 10.0. The van der Waals surface area contributed by atoms with Crippen LogP contribution >= 0.6 is 15.9 Å². The van der Waals surface area contributed by atoms with Crippen molar-refractivity contribution >= 4 is 15.9 Å². The average Bonchev–Trinajstić information content (AvgIpc) is 3.19. The SMILES string of the molecule is NC(CCN(CCO)C1CC1)c1ccc(Br)cc1. The third-order valence-electron chi connectivity index (χ3n) is 3.48. The molecule has 1 aliphatic carbocycles. The quantitative estimate of drug-likeness (QED) is 0.812. The van der Waals surface area contributed by atoms with Crippen LogP contribution in [0, 0.1) is 0 Å². The van der Waals surface area contributed by atoms with Crippen molar-refractivity contribution in [1.29, 1.82) is 0 Å². The number of hydrogen-bond acceptors (Lipinski definition) is 3. The summed E-state index contributed by atoms with van der Waals surface area (Å²) in [5.41, 5.74) is 7.38. The van der Waals surface area contributed by atoms with Crippen molar-refractivity contribution in [3.05, 3.63) is 34.3 Å². The van der Waals surface area contributed by atoms with Gasteiger partial charge in [0.15, 0.2) is 0 Å². The summed E-state index contributed by atoms with van der Waals surface area (Å²) in [5.74, 6) is 0. The second-order valence-corrected chi connectivity index (χ2v) is 5.85. The highest BCUT2D eigenvalue weighted by Crippen LogP contribution is 2.27. The second-order valence-electron chi connectivity index (χ2n) is 4.94. The Balaban J connectivity index is 1.82. The first kappa shape index (κ1) is 14.0. The zero-order valence-electron chi connectivity index (χ0n) is 10.6. The molecule has 4 heteroatoms. The molecule has 1 aromatic rings. The van der Waals surface area contributed by atoms with Crippen molar-refractivity contribution in [3.63, 3.8) is 0 Å². The highest BCUT2D eigenvalue weighted by Gasteiger charge is 2.28. The predicted octanol–water partition coefficient (Wildman–Crippen LogP) is 2.30. The number of halogens is 1. The fraction of sp³-hybridized carbons (Fsp3) is 0.571. The van der Waals surface area contributed by atoms with Crippen molar-refractivity contribution in [3.8, 4) is 0 Å². The molecule has 3 nitrogen and oxygen atoms in total. The first-order valence-corrected chi connectivity index (χ1v) is 7.36. The smallest absolute Gasteiger partial charge is 0.0558 e. The summed E-state index contributed by atoms with van der Waals surface area (Å²) in [6.45, 7) is 1.99. The van der Waals surface area contributed by atoms with Crippen molar-refractivity contribution in [2.24, 2.45) is 5.73 Å². The number of nitrogens with zero attached hydrogens (tertiary/aromatic N) is 1. The van der Waals surface area contributed by atoms with E-state index >= 15 is 0 Å². The van der Waals surface area contributed by atoms with Crippen LogP contribution in [-0.4, -0.2) is 35.7 Å². The van der Waals surface area contributed by atoms with Crippen molar-refractivity contribution in [1.82, 2.24) is 4.90 Å². The van der Waals surface area contributed by atoms with Gasteiger partial charge in [-0.25, -0.2) is 0 Å². The molecule has 1 aliphatic rings. The molecule has 0 bridgehead atoms. The molecule has 1 unspecified atom stereocenters. The molecule has 2 rings (SSSR count).